The minimum absolute atomic E-state index is 0.178. The number of carbonyl (C=O) groups excluding carboxylic acids is 1. The predicted octanol–water partition coefficient (Wildman–Crippen LogP) is 4.80. The number of halogens is 2. The Balaban J connectivity index is 1.72. The Morgan fingerprint density at radius 2 is 1.96 bits per heavy atom. The van der Waals surface area contributed by atoms with E-state index >= 15 is 0 Å². The van der Waals surface area contributed by atoms with E-state index in [1.165, 1.54) is 0 Å². The van der Waals surface area contributed by atoms with E-state index in [0.29, 0.717) is 28.0 Å². The van der Waals surface area contributed by atoms with Crippen molar-refractivity contribution < 1.29 is 4.79 Å². The maximum atomic E-state index is 12.3. The highest BCUT2D eigenvalue weighted by atomic mass is 35.5. The molecule has 0 bridgehead atoms. The molecule has 0 atom stereocenters. The summed E-state index contributed by atoms with van der Waals surface area (Å²) < 4.78 is 1.71. The Morgan fingerprint density at radius 1 is 1.17 bits per heavy atom. The third-order valence-corrected chi connectivity index (χ3v) is 4.21. The second-order valence-electron chi connectivity index (χ2n) is 5.40. The first kappa shape index (κ1) is 16.6. The number of aromatic nitrogens is 2. The van der Waals surface area contributed by atoms with E-state index in [4.69, 9.17) is 23.2 Å². The van der Waals surface area contributed by atoms with Crippen LogP contribution in [-0.4, -0.2) is 15.7 Å². The van der Waals surface area contributed by atoms with Gasteiger partial charge in [0.1, 0.15) is 0 Å². The zero-order chi connectivity index (χ0) is 17.1. The highest BCUT2D eigenvalue weighted by Gasteiger charge is 2.10. The van der Waals surface area contributed by atoms with E-state index in [1.54, 1.807) is 35.1 Å². The highest BCUT2D eigenvalue weighted by Crippen LogP contribution is 2.22. The molecule has 0 aliphatic carbocycles. The number of nitrogens with one attached hydrogen (secondary N) is 1. The molecule has 0 spiro atoms. The Labute approximate surface area is 150 Å². The van der Waals surface area contributed by atoms with Crippen molar-refractivity contribution in [3.05, 3.63) is 81.5 Å². The molecule has 3 aromatic rings. The van der Waals surface area contributed by atoms with Gasteiger partial charge in [0, 0.05) is 27.9 Å². The molecule has 0 aliphatic heterocycles. The van der Waals surface area contributed by atoms with E-state index < -0.39 is 0 Å². The maximum Gasteiger partial charge on any atom is 0.257 e. The van der Waals surface area contributed by atoms with Gasteiger partial charge in [-0.3, -0.25) is 9.48 Å². The van der Waals surface area contributed by atoms with Crippen LogP contribution in [0, 0.1) is 6.92 Å². The number of nitrogens with zero attached hydrogens (tertiary/aromatic N) is 2. The molecule has 122 valence electrons. The Bertz CT molecular complexity index is 889. The molecule has 1 aromatic heterocycles. The summed E-state index contributed by atoms with van der Waals surface area (Å²) in [6, 6.07) is 14.5. The number of hydrogen-bond donors (Lipinski definition) is 1. The summed E-state index contributed by atoms with van der Waals surface area (Å²) in [4.78, 5) is 12.3. The molecule has 6 heteroatoms. The average molecular weight is 360 g/mol. The summed E-state index contributed by atoms with van der Waals surface area (Å²) in [7, 11) is 0. The van der Waals surface area contributed by atoms with Gasteiger partial charge in [-0.1, -0.05) is 47.5 Å². The quantitative estimate of drug-likeness (QED) is 0.727. The summed E-state index contributed by atoms with van der Waals surface area (Å²) in [5.41, 5.74) is 2.45. The Morgan fingerprint density at radius 3 is 2.71 bits per heavy atom. The number of rotatable bonds is 4. The Hall–Kier alpha value is -2.30. The van der Waals surface area contributed by atoms with Gasteiger partial charge in [-0.2, -0.15) is 5.10 Å². The van der Waals surface area contributed by atoms with Crippen LogP contribution in [0.15, 0.2) is 54.7 Å². The smallest absolute Gasteiger partial charge is 0.257 e. The first-order valence-electron chi connectivity index (χ1n) is 7.37. The van der Waals surface area contributed by atoms with Crippen LogP contribution in [0.1, 0.15) is 21.5 Å². The monoisotopic (exact) mass is 359 g/mol. The first-order chi connectivity index (χ1) is 11.5. The summed E-state index contributed by atoms with van der Waals surface area (Å²) in [5.74, 6) is 0.316. The van der Waals surface area contributed by atoms with E-state index in [9.17, 15) is 4.79 Å². The topological polar surface area (TPSA) is 46.9 Å². The van der Waals surface area contributed by atoms with E-state index in [0.717, 1.165) is 11.1 Å². The minimum Gasteiger partial charge on any atom is -0.305 e. The summed E-state index contributed by atoms with van der Waals surface area (Å²) in [6.45, 7) is 2.40. The van der Waals surface area contributed by atoms with Crippen molar-refractivity contribution in [2.75, 3.05) is 5.32 Å². The van der Waals surface area contributed by atoms with Crippen LogP contribution >= 0.6 is 23.2 Å². The third-order valence-electron chi connectivity index (χ3n) is 3.62. The Kier molecular flexibility index (Phi) is 4.88. The average Bonchev–Trinajstić information content (AvgIpc) is 2.97. The van der Waals surface area contributed by atoms with Crippen molar-refractivity contribution in [3.63, 3.8) is 0 Å². The summed E-state index contributed by atoms with van der Waals surface area (Å²) >= 11 is 12.1. The molecule has 0 saturated heterocycles. The standard InChI is InChI=1S/C18H15Cl2N3O/c1-12-4-2-3-5-15(12)18(24)21-17-8-9-23(22-17)11-13-6-7-14(19)10-16(13)20/h2-10H,11H2,1H3,(H,21,22,24). The molecule has 24 heavy (non-hydrogen) atoms. The molecule has 1 heterocycles. The number of benzene rings is 2. The lowest BCUT2D eigenvalue weighted by Crippen LogP contribution is -2.14. The van der Waals surface area contributed by atoms with Crippen molar-refractivity contribution in [1.29, 1.82) is 0 Å². The number of anilines is 1. The van der Waals surface area contributed by atoms with Gasteiger partial charge < -0.3 is 5.32 Å². The van der Waals surface area contributed by atoms with Gasteiger partial charge in [-0.05, 0) is 36.2 Å². The summed E-state index contributed by atoms with van der Waals surface area (Å²) in [6.07, 6.45) is 1.79. The van der Waals surface area contributed by atoms with Crippen molar-refractivity contribution in [3.8, 4) is 0 Å². The second kappa shape index (κ2) is 7.07. The highest BCUT2D eigenvalue weighted by molar-refractivity contribution is 6.35. The van der Waals surface area contributed by atoms with Gasteiger partial charge >= 0.3 is 0 Å². The molecule has 3 rings (SSSR count). The van der Waals surface area contributed by atoms with Crippen LogP contribution in [0.25, 0.3) is 0 Å². The molecule has 1 N–H and O–H groups in total. The third kappa shape index (κ3) is 3.78. The first-order valence-corrected chi connectivity index (χ1v) is 8.13. The van der Waals surface area contributed by atoms with E-state index in [2.05, 4.69) is 10.4 Å². The molecular formula is C18H15Cl2N3O. The predicted molar refractivity (Wildman–Crippen MR) is 96.9 cm³/mol. The molecule has 1 amide bonds. The molecule has 0 unspecified atom stereocenters. The molecular weight excluding hydrogens is 345 g/mol. The fraction of sp³-hybridized carbons (Fsp3) is 0.111. The fourth-order valence-corrected chi connectivity index (χ4v) is 2.82. The van der Waals surface area contributed by atoms with Crippen LogP contribution in [-0.2, 0) is 6.54 Å². The zero-order valence-corrected chi connectivity index (χ0v) is 14.5. The van der Waals surface area contributed by atoms with Crippen molar-refractivity contribution >= 4 is 34.9 Å². The molecule has 4 nitrogen and oxygen atoms in total. The largest absolute Gasteiger partial charge is 0.305 e. The van der Waals surface area contributed by atoms with Gasteiger partial charge in [0.25, 0.3) is 5.91 Å². The molecule has 0 saturated carbocycles. The van der Waals surface area contributed by atoms with Crippen molar-refractivity contribution in [2.24, 2.45) is 0 Å². The van der Waals surface area contributed by atoms with E-state index in [1.807, 2.05) is 31.2 Å². The van der Waals surface area contributed by atoms with Gasteiger partial charge in [-0.25, -0.2) is 0 Å². The molecule has 0 aliphatic rings. The van der Waals surface area contributed by atoms with Gasteiger partial charge in [-0.15, -0.1) is 0 Å². The number of carbonyl (C=O) groups is 1. The van der Waals surface area contributed by atoms with Crippen molar-refractivity contribution in [2.45, 2.75) is 13.5 Å². The number of aryl methyl sites for hydroxylation is 1. The van der Waals surface area contributed by atoms with Crippen LogP contribution in [0.3, 0.4) is 0 Å². The molecule has 0 fully saturated rings. The van der Waals surface area contributed by atoms with Gasteiger partial charge in [0.15, 0.2) is 5.82 Å². The number of hydrogen-bond acceptors (Lipinski definition) is 2. The van der Waals surface area contributed by atoms with Crippen LogP contribution < -0.4 is 5.32 Å². The lowest BCUT2D eigenvalue weighted by atomic mass is 10.1. The second-order valence-corrected chi connectivity index (χ2v) is 6.25. The summed E-state index contributed by atoms with van der Waals surface area (Å²) in [5, 5.41) is 8.34. The minimum atomic E-state index is -0.178. The fourth-order valence-electron chi connectivity index (χ4n) is 2.35. The van der Waals surface area contributed by atoms with Crippen LogP contribution in [0.5, 0.6) is 0 Å². The van der Waals surface area contributed by atoms with Gasteiger partial charge in [0.2, 0.25) is 0 Å². The normalized spacial score (nSPS) is 10.6. The molecule has 2 aromatic carbocycles. The number of amides is 1. The zero-order valence-electron chi connectivity index (χ0n) is 13.0. The van der Waals surface area contributed by atoms with Gasteiger partial charge in [0.05, 0.1) is 6.54 Å². The lowest BCUT2D eigenvalue weighted by Gasteiger charge is -2.06. The SMILES string of the molecule is Cc1ccccc1C(=O)Nc1ccn(Cc2ccc(Cl)cc2Cl)n1. The lowest BCUT2D eigenvalue weighted by molar-refractivity contribution is 0.102. The van der Waals surface area contributed by atoms with Crippen molar-refractivity contribution in [1.82, 2.24) is 9.78 Å². The molecule has 0 radical (unpaired) electrons. The van der Waals surface area contributed by atoms with Crippen LogP contribution in [0.2, 0.25) is 10.0 Å². The van der Waals surface area contributed by atoms with Crippen LogP contribution in [0.4, 0.5) is 5.82 Å². The maximum absolute atomic E-state index is 12.3. The van der Waals surface area contributed by atoms with E-state index in [-0.39, 0.29) is 5.91 Å².